The van der Waals surface area contributed by atoms with Crippen molar-refractivity contribution in [1.29, 1.82) is 0 Å². The third-order valence-corrected chi connectivity index (χ3v) is 3.03. The van der Waals surface area contributed by atoms with Gasteiger partial charge in [-0.2, -0.15) is 0 Å². The fourth-order valence-corrected chi connectivity index (χ4v) is 1.95. The summed E-state index contributed by atoms with van der Waals surface area (Å²) in [6, 6.07) is 5.15. The van der Waals surface area contributed by atoms with Crippen LogP contribution in [0.1, 0.15) is 15.9 Å². The molecule has 0 radical (unpaired) electrons. The van der Waals surface area contributed by atoms with Crippen LogP contribution in [0.15, 0.2) is 30.9 Å². The molecule has 1 aromatic carbocycles. The molecular formula is C10H11BFI. The minimum absolute atomic E-state index is 0.152. The first-order chi connectivity index (χ1) is 6.13. The Morgan fingerprint density at radius 3 is 2.77 bits per heavy atom. The zero-order valence-electron chi connectivity index (χ0n) is 7.56. The molecule has 13 heavy (non-hydrogen) atoms. The second-order valence-corrected chi connectivity index (χ2v) is 4.56. The molecule has 0 amide bonds. The van der Waals surface area contributed by atoms with Gasteiger partial charge in [-0.15, -0.1) is 6.58 Å². The molecule has 1 atom stereocenters. The lowest BCUT2D eigenvalue weighted by Gasteiger charge is -2.08. The lowest BCUT2D eigenvalue weighted by molar-refractivity contribution is 0.626. The van der Waals surface area contributed by atoms with Crippen molar-refractivity contribution in [2.24, 2.45) is 0 Å². The second kappa shape index (κ2) is 4.79. The Bertz CT molecular complexity index is 292. The van der Waals surface area contributed by atoms with Crippen LogP contribution in [0.4, 0.5) is 4.39 Å². The predicted octanol–water partition coefficient (Wildman–Crippen LogP) is 2.14. The second-order valence-electron chi connectivity index (χ2n) is 3.05. The summed E-state index contributed by atoms with van der Waals surface area (Å²) in [5, 5.41) is 0. The van der Waals surface area contributed by atoms with Gasteiger partial charge in [-0.25, -0.2) is 4.39 Å². The molecule has 0 aromatic heterocycles. The highest BCUT2D eigenvalue weighted by molar-refractivity contribution is 14.1. The topological polar surface area (TPSA) is 0 Å². The number of hydrogen-bond donors (Lipinski definition) is 0. The summed E-state index contributed by atoms with van der Waals surface area (Å²) in [6.45, 7) is 3.67. The van der Waals surface area contributed by atoms with E-state index in [9.17, 15) is 4.39 Å². The average molecular weight is 288 g/mol. The zero-order chi connectivity index (χ0) is 9.84. The van der Waals surface area contributed by atoms with Gasteiger partial charge in [-0.05, 0) is 24.1 Å². The van der Waals surface area contributed by atoms with Crippen molar-refractivity contribution in [3.05, 3.63) is 42.2 Å². The van der Waals surface area contributed by atoms with E-state index in [1.54, 1.807) is 12.1 Å². The van der Waals surface area contributed by atoms with Gasteiger partial charge < -0.3 is 0 Å². The number of rotatable bonds is 3. The average Bonchev–Trinajstić information content (AvgIpc) is 2.03. The summed E-state index contributed by atoms with van der Waals surface area (Å²) in [4.78, 5) is 0. The smallest absolute Gasteiger partial charge is 0.139 e. The van der Waals surface area contributed by atoms with Crippen LogP contribution in [0.3, 0.4) is 0 Å². The lowest BCUT2D eigenvalue weighted by Crippen LogP contribution is -2.05. The Hall–Kier alpha value is -0.315. The molecule has 0 aliphatic carbocycles. The van der Waals surface area contributed by atoms with E-state index in [0.29, 0.717) is 3.92 Å². The monoisotopic (exact) mass is 288 g/mol. The SMILES string of the molecule is Bc1cc(F)cc([C@@H](I)CC=C)c1. The van der Waals surface area contributed by atoms with Crippen molar-refractivity contribution in [1.82, 2.24) is 0 Å². The van der Waals surface area contributed by atoms with Gasteiger partial charge in [0.05, 0.1) is 0 Å². The lowest BCUT2D eigenvalue weighted by atomic mass is 9.93. The van der Waals surface area contributed by atoms with Gasteiger partial charge >= 0.3 is 0 Å². The van der Waals surface area contributed by atoms with E-state index in [2.05, 4.69) is 29.2 Å². The Kier molecular flexibility index (Phi) is 3.97. The van der Waals surface area contributed by atoms with Gasteiger partial charge in [0.25, 0.3) is 0 Å². The van der Waals surface area contributed by atoms with Crippen LogP contribution in [0.5, 0.6) is 0 Å². The number of allylic oxidation sites excluding steroid dienone is 1. The highest BCUT2D eigenvalue weighted by Gasteiger charge is 2.06. The molecule has 0 heterocycles. The largest absolute Gasteiger partial charge is 0.207 e. The Morgan fingerprint density at radius 1 is 1.54 bits per heavy atom. The highest BCUT2D eigenvalue weighted by Crippen LogP contribution is 2.26. The van der Waals surface area contributed by atoms with E-state index >= 15 is 0 Å². The molecule has 0 nitrogen and oxygen atoms in total. The van der Waals surface area contributed by atoms with Crippen LogP contribution >= 0.6 is 22.6 Å². The normalized spacial score (nSPS) is 12.5. The number of alkyl halides is 1. The van der Waals surface area contributed by atoms with Crippen molar-refractivity contribution in [3.8, 4) is 0 Å². The molecule has 68 valence electrons. The summed E-state index contributed by atoms with van der Waals surface area (Å²) in [7, 11) is 1.91. The molecule has 1 aromatic rings. The summed E-state index contributed by atoms with van der Waals surface area (Å²) in [5.74, 6) is -0.152. The highest BCUT2D eigenvalue weighted by atomic mass is 127. The van der Waals surface area contributed by atoms with E-state index in [-0.39, 0.29) is 5.82 Å². The number of benzene rings is 1. The molecule has 0 saturated carbocycles. The van der Waals surface area contributed by atoms with Gasteiger partial charge in [0.15, 0.2) is 0 Å². The minimum atomic E-state index is -0.152. The molecule has 0 aliphatic heterocycles. The molecule has 0 saturated heterocycles. The van der Waals surface area contributed by atoms with Gasteiger partial charge in [0, 0.05) is 3.92 Å². The van der Waals surface area contributed by atoms with Gasteiger partial charge in [0.1, 0.15) is 13.7 Å². The third kappa shape index (κ3) is 3.14. The fourth-order valence-electron chi connectivity index (χ4n) is 1.23. The quantitative estimate of drug-likeness (QED) is 0.346. The summed E-state index contributed by atoms with van der Waals surface area (Å²) < 4.78 is 13.3. The maximum absolute atomic E-state index is 13.0. The molecule has 0 N–H and O–H groups in total. The predicted molar refractivity (Wildman–Crippen MR) is 66.2 cm³/mol. The van der Waals surface area contributed by atoms with Crippen molar-refractivity contribution >= 4 is 35.9 Å². The summed E-state index contributed by atoms with van der Waals surface area (Å²) >= 11 is 2.30. The molecular weight excluding hydrogens is 277 g/mol. The van der Waals surface area contributed by atoms with Crippen LogP contribution in [0, 0.1) is 5.82 Å². The Morgan fingerprint density at radius 2 is 2.23 bits per heavy atom. The molecule has 0 spiro atoms. The summed E-state index contributed by atoms with van der Waals surface area (Å²) in [6.07, 6.45) is 2.74. The van der Waals surface area contributed by atoms with Gasteiger partial charge in [-0.1, -0.05) is 40.2 Å². The van der Waals surface area contributed by atoms with Crippen LogP contribution in [0.25, 0.3) is 0 Å². The van der Waals surface area contributed by atoms with Crippen molar-refractivity contribution < 1.29 is 4.39 Å². The first kappa shape index (κ1) is 10.8. The van der Waals surface area contributed by atoms with E-state index in [4.69, 9.17) is 0 Å². The Labute approximate surface area is 92.8 Å². The summed E-state index contributed by atoms with van der Waals surface area (Å²) in [5.41, 5.74) is 2.01. The molecule has 0 fully saturated rings. The Balaban J connectivity index is 2.93. The first-order valence-corrected chi connectivity index (χ1v) is 5.40. The van der Waals surface area contributed by atoms with Gasteiger partial charge in [0.2, 0.25) is 0 Å². The first-order valence-electron chi connectivity index (χ1n) is 4.15. The van der Waals surface area contributed by atoms with E-state index in [0.717, 1.165) is 17.4 Å². The maximum Gasteiger partial charge on any atom is 0.139 e. The molecule has 0 bridgehead atoms. The minimum Gasteiger partial charge on any atom is -0.207 e. The standard InChI is InChI=1S/C10H11BFI/c1-2-3-10(13)7-4-8(11)6-9(12)5-7/h2,4-6,10H,1,3,11H2/t10-/m0/s1. The van der Waals surface area contributed by atoms with Gasteiger partial charge in [-0.3, -0.25) is 0 Å². The van der Waals surface area contributed by atoms with E-state index in [1.807, 2.05) is 20.0 Å². The van der Waals surface area contributed by atoms with Crippen molar-refractivity contribution in [2.75, 3.05) is 0 Å². The molecule has 0 unspecified atom stereocenters. The fraction of sp³-hybridized carbons (Fsp3) is 0.200. The zero-order valence-corrected chi connectivity index (χ0v) is 9.71. The molecule has 3 heteroatoms. The van der Waals surface area contributed by atoms with Crippen LogP contribution < -0.4 is 5.46 Å². The van der Waals surface area contributed by atoms with Crippen LogP contribution in [-0.4, -0.2) is 7.85 Å². The van der Waals surface area contributed by atoms with E-state index in [1.165, 1.54) is 0 Å². The van der Waals surface area contributed by atoms with Crippen LogP contribution in [-0.2, 0) is 0 Å². The molecule has 1 rings (SSSR count). The molecule has 0 aliphatic rings. The van der Waals surface area contributed by atoms with Crippen molar-refractivity contribution in [3.63, 3.8) is 0 Å². The maximum atomic E-state index is 13.0. The van der Waals surface area contributed by atoms with Crippen LogP contribution in [0.2, 0.25) is 0 Å². The third-order valence-electron chi connectivity index (χ3n) is 1.80. The van der Waals surface area contributed by atoms with Crippen molar-refractivity contribution in [2.45, 2.75) is 10.3 Å². The van der Waals surface area contributed by atoms with E-state index < -0.39 is 0 Å². The number of halogens is 2. The number of hydrogen-bond acceptors (Lipinski definition) is 0.